The summed E-state index contributed by atoms with van der Waals surface area (Å²) in [6.45, 7) is 0.442. The van der Waals surface area contributed by atoms with Crippen LogP contribution >= 0.6 is 15.9 Å². The fourth-order valence-corrected chi connectivity index (χ4v) is 1.96. The molecule has 0 radical (unpaired) electrons. The third-order valence-corrected chi connectivity index (χ3v) is 3.08. The zero-order chi connectivity index (χ0) is 12.3. The van der Waals surface area contributed by atoms with Gasteiger partial charge in [0.25, 0.3) is 0 Å². The standard InChI is InChI=1S/C12H11BrN2O2/c13-9-3-1-2-4-10(9)15-7-11-8(12(16)17)5-6-14-11/h1-6,14-15H,7H2,(H,16,17). The minimum Gasteiger partial charge on any atom is -0.478 e. The number of benzene rings is 1. The Balaban J connectivity index is 2.10. The molecule has 0 aliphatic heterocycles. The average molecular weight is 295 g/mol. The number of carboxylic acid groups (broad SMARTS) is 1. The van der Waals surface area contributed by atoms with E-state index >= 15 is 0 Å². The highest BCUT2D eigenvalue weighted by molar-refractivity contribution is 9.10. The normalized spacial score (nSPS) is 10.2. The first-order valence-corrected chi connectivity index (χ1v) is 5.85. The molecule has 0 aliphatic carbocycles. The lowest BCUT2D eigenvalue weighted by Crippen LogP contribution is -2.06. The maximum absolute atomic E-state index is 10.9. The van der Waals surface area contributed by atoms with E-state index in [4.69, 9.17) is 5.11 Å². The van der Waals surface area contributed by atoms with Gasteiger partial charge >= 0.3 is 5.97 Å². The van der Waals surface area contributed by atoms with Gasteiger partial charge in [0, 0.05) is 22.1 Å². The van der Waals surface area contributed by atoms with Gasteiger partial charge in [0.15, 0.2) is 0 Å². The topological polar surface area (TPSA) is 65.1 Å². The Labute approximate surface area is 107 Å². The van der Waals surface area contributed by atoms with Crippen molar-refractivity contribution >= 4 is 27.6 Å². The summed E-state index contributed by atoms with van der Waals surface area (Å²) in [7, 11) is 0. The molecule has 2 rings (SSSR count). The molecule has 1 aromatic heterocycles. The molecule has 0 atom stereocenters. The van der Waals surface area contributed by atoms with Crippen LogP contribution in [0.1, 0.15) is 16.1 Å². The van der Waals surface area contributed by atoms with Gasteiger partial charge in [-0.25, -0.2) is 4.79 Å². The largest absolute Gasteiger partial charge is 0.478 e. The van der Waals surface area contributed by atoms with Crippen molar-refractivity contribution in [1.82, 2.24) is 4.98 Å². The van der Waals surface area contributed by atoms with Gasteiger partial charge < -0.3 is 15.4 Å². The lowest BCUT2D eigenvalue weighted by Gasteiger charge is -2.07. The summed E-state index contributed by atoms with van der Waals surface area (Å²) in [5.41, 5.74) is 1.89. The molecule has 0 spiro atoms. The van der Waals surface area contributed by atoms with Crippen molar-refractivity contribution < 1.29 is 9.90 Å². The molecule has 2 aromatic rings. The van der Waals surface area contributed by atoms with E-state index in [2.05, 4.69) is 26.2 Å². The molecule has 1 heterocycles. The summed E-state index contributed by atoms with van der Waals surface area (Å²) in [5, 5.41) is 12.1. The van der Waals surface area contributed by atoms with Gasteiger partial charge in [-0.15, -0.1) is 0 Å². The molecule has 0 fully saturated rings. The second-order valence-electron chi connectivity index (χ2n) is 3.51. The number of carbonyl (C=O) groups is 1. The van der Waals surface area contributed by atoms with Crippen molar-refractivity contribution in [2.75, 3.05) is 5.32 Å². The van der Waals surface area contributed by atoms with Crippen molar-refractivity contribution in [2.45, 2.75) is 6.54 Å². The van der Waals surface area contributed by atoms with Crippen LogP contribution in [0.4, 0.5) is 5.69 Å². The molecule has 0 bridgehead atoms. The van der Waals surface area contributed by atoms with E-state index in [0.717, 1.165) is 10.2 Å². The molecule has 0 unspecified atom stereocenters. The Hall–Kier alpha value is -1.75. The SMILES string of the molecule is O=C(O)c1cc[nH]c1CNc1ccccc1Br. The first kappa shape index (κ1) is 11.7. The summed E-state index contributed by atoms with van der Waals surface area (Å²) < 4.78 is 0.948. The fourth-order valence-electron chi connectivity index (χ4n) is 1.54. The van der Waals surface area contributed by atoms with E-state index in [1.54, 1.807) is 12.3 Å². The van der Waals surface area contributed by atoms with Crippen LogP contribution in [-0.4, -0.2) is 16.1 Å². The molecule has 5 heteroatoms. The number of carboxylic acids is 1. The van der Waals surface area contributed by atoms with Gasteiger partial charge in [-0.2, -0.15) is 0 Å². The molecule has 1 aromatic carbocycles. The lowest BCUT2D eigenvalue weighted by atomic mass is 10.2. The van der Waals surface area contributed by atoms with Crippen LogP contribution in [0.5, 0.6) is 0 Å². The third-order valence-electron chi connectivity index (χ3n) is 2.39. The van der Waals surface area contributed by atoms with Crippen LogP contribution in [0, 0.1) is 0 Å². The van der Waals surface area contributed by atoms with Crippen molar-refractivity contribution in [2.24, 2.45) is 0 Å². The number of rotatable bonds is 4. The summed E-state index contributed by atoms with van der Waals surface area (Å²) >= 11 is 3.42. The number of aromatic amines is 1. The minimum absolute atomic E-state index is 0.296. The highest BCUT2D eigenvalue weighted by atomic mass is 79.9. The predicted molar refractivity (Wildman–Crippen MR) is 69.2 cm³/mol. The van der Waals surface area contributed by atoms with Crippen LogP contribution in [0.3, 0.4) is 0 Å². The zero-order valence-corrected chi connectivity index (χ0v) is 10.5. The minimum atomic E-state index is -0.921. The molecule has 0 aliphatic rings. The first-order chi connectivity index (χ1) is 8.18. The van der Waals surface area contributed by atoms with E-state index in [1.807, 2.05) is 24.3 Å². The third kappa shape index (κ3) is 2.68. The number of anilines is 1. The maximum atomic E-state index is 10.9. The van der Waals surface area contributed by atoms with Crippen LogP contribution in [-0.2, 0) is 6.54 Å². The summed E-state index contributed by atoms with van der Waals surface area (Å²) in [6.07, 6.45) is 1.63. The smallest absolute Gasteiger partial charge is 0.337 e. The number of hydrogen-bond acceptors (Lipinski definition) is 2. The predicted octanol–water partition coefficient (Wildman–Crippen LogP) is 3.09. The fraction of sp³-hybridized carbons (Fsp3) is 0.0833. The van der Waals surface area contributed by atoms with E-state index in [0.29, 0.717) is 17.8 Å². The first-order valence-electron chi connectivity index (χ1n) is 5.06. The Bertz CT molecular complexity index is 537. The number of para-hydroxylation sites is 1. The average Bonchev–Trinajstić information content (AvgIpc) is 2.76. The number of hydrogen-bond donors (Lipinski definition) is 3. The van der Waals surface area contributed by atoms with Crippen LogP contribution in [0.2, 0.25) is 0 Å². The van der Waals surface area contributed by atoms with Gasteiger partial charge in [0.1, 0.15) is 0 Å². The Morgan fingerprint density at radius 1 is 1.35 bits per heavy atom. The van der Waals surface area contributed by atoms with Gasteiger partial charge in [-0.3, -0.25) is 0 Å². The molecule has 0 saturated carbocycles. The number of H-pyrrole nitrogens is 1. The van der Waals surface area contributed by atoms with Crippen molar-refractivity contribution in [3.63, 3.8) is 0 Å². The van der Waals surface area contributed by atoms with Crippen LogP contribution in [0.15, 0.2) is 41.0 Å². The molecule has 4 nitrogen and oxygen atoms in total. The van der Waals surface area contributed by atoms with Gasteiger partial charge in [-0.1, -0.05) is 12.1 Å². The Morgan fingerprint density at radius 2 is 2.12 bits per heavy atom. The van der Waals surface area contributed by atoms with Crippen molar-refractivity contribution in [3.8, 4) is 0 Å². The molecular weight excluding hydrogens is 284 g/mol. The number of halogens is 1. The van der Waals surface area contributed by atoms with Gasteiger partial charge in [0.2, 0.25) is 0 Å². The highest BCUT2D eigenvalue weighted by Crippen LogP contribution is 2.22. The molecule has 0 amide bonds. The van der Waals surface area contributed by atoms with Gasteiger partial charge in [-0.05, 0) is 34.1 Å². The second kappa shape index (κ2) is 5.05. The monoisotopic (exact) mass is 294 g/mol. The summed E-state index contributed by atoms with van der Waals surface area (Å²) in [6, 6.07) is 9.24. The Kier molecular flexibility index (Phi) is 3.49. The van der Waals surface area contributed by atoms with Crippen LogP contribution < -0.4 is 5.32 Å². The quantitative estimate of drug-likeness (QED) is 0.812. The van der Waals surface area contributed by atoms with Crippen LogP contribution in [0.25, 0.3) is 0 Å². The van der Waals surface area contributed by atoms with Gasteiger partial charge in [0.05, 0.1) is 12.1 Å². The number of aromatic carboxylic acids is 1. The maximum Gasteiger partial charge on any atom is 0.337 e. The van der Waals surface area contributed by atoms with E-state index < -0.39 is 5.97 Å². The second-order valence-corrected chi connectivity index (χ2v) is 4.36. The highest BCUT2D eigenvalue weighted by Gasteiger charge is 2.10. The lowest BCUT2D eigenvalue weighted by molar-refractivity contribution is 0.0696. The summed E-state index contributed by atoms with van der Waals surface area (Å²) in [5.74, 6) is -0.921. The zero-order valence-electron chi connectivity index (χ0n) is 8.90. The molecular formula is C12H11BrN2O2. The molecule has 0 saturated heterocycles. The van der Waals surface area contributed by atoms with E-state index in [9.17, 15) is 4.79 Å². The molecule has 3 N–H and O–H groups in total. The number of nitrogens with one attached hydrogen (secondary N) is 2. The van der Waals surface area contributed by atoms with Crippen molar-refractivity contribution in [1.29, 1.82) is 0 Å². The number of aromatic nitrogens is 1. The molecule has 88 valence electrons. The Morgan fingerprint density at radius 3 is 2.82 bits per heavy atom. The molecule has 17 heavy (non-hydrogen) atoms. The summed E-state index contributed by atoms with van der Waals surface area (Å²) in [4.78, 5) is 13.8. The van der Waals surface area contributed by atoms with E-state index in [1.165, 1.54) is 0 Å². The van der Waals surface area contributed by atoms with E-state index in [-0.39, 0.29) is 0 Å². The van der Waals surface area contributed by atoms with Crippen molar-refractivity contribution in [3.05, 3.63) is 52.3 Å².